The summed E-state index contributed by atoms with van der Waals surface area (Å²) in [5.41, 5.74) is 1.55. The minimum Gasteiger partial charge on any atom is -0.378 e. The van der Waals surface area contributed by atoms with Gasteiger partial charge in [-0.25, -0.2) is 4.39 Å². The molecular formula is C24H27FN4O5. The minimum absolute atomic E-state index is 0.117. The van der Waals surface area contributed by atoms with E-state index in [9.17, 15) is 24.1 Å². The van der Waals surface area contributed by atoms with Crippen LogP contribution in [-0.2, 0) is 4.74 Å². The first-order valence-corrected chi connectivity index (χ1v) is 11.4. The van der Waals surface area contributed by atoms with Gasteiger partial charge < -0.3 is 19.4 Å². The third kappa shape index (κ3) is 4.86. The Kier molecular flexibility index (Phi) is 7.06. The number of nitro benzene ring substituents is 1. The van der Waals surface area contributed by atoms with Gasteiger partial charge in [-0.1, -0.05) is 6.92 Å². The van der Waals surface area contributed by atoms with Crippen molar-refractivity contribution in [3.63, 3.8) is 0 Å². The van der Waals surface area contributed by atoms with E-state index in [1.165, 1.54) is 18.2 Å². The minimum atomic E-state index is -0.506. The number of hydrogen-bond acceptors (Lipinski definition) is 7. The van der Waals surface area contributed by atoms with Crippen LogP contribution in [-0.4, -0.2) is 74.0 Å². The molecule has 2 heterocycles. The number of halogens is 1. The molecule has 0 saturated carbocycles. The predicted molar refractivity (Wildman–Crippen MR) is 125 cm³/mol. The van der Waals surface area contributed by atoms with Gasteiger partial charge >= 0.3 is 0 Å². The predicted octanol–water partition coefficient (Wildman–Crippen LogP) is 3.13. The summed E-state index contributed by atoms with van der Waals surface area (Å²) in [6.07, 6.45) is 0.309. The molecular weight excluding hydrogens is 443 g/mol. The summed E-state index contributed by atoms with van der Waals surface area (Å²) in [6.45, 7) is 5.49. The van der Waals surface area contributed by atoms with Crippen molar-refractivity contribution in [1.82, 2.24) is 4.90 Å². The molecule has 4 rings (SSSR count). The number of nitrogens with zero attached hydrogens (tertiary/aromatic N) is 4. The average Bonchev–Trinajstić information content (AvgIpc) is 2.88. The lowest BCUT2D eigenvalue weighted by molar-refractivity contribution is -0.384. The van der Waals surface area contributed by atoms with Gasteiger partial charge in [0.15, 0.2) is 5.78 Å². The quantitative estimate of drug-likeness (QED) is 0.364. The number of nitro groups is 1. The Labute approximate surface area is 196 Å². The molecule has 0 unspecified atom stereocenters. The van der Waals surface area contributed by atoms with Crippen LogP contribution in [0.2, 0.25) is 0 Å². The van der Waals surface area contributed by atoms with Crippen LogP contribution in [0.5, 0.6) is 0 Å². The number of ether oxygens (including phenoxy) is 1. The summed E-state index contributed by atoms with van der Waals surface area (Å²) in [6, 6.07) is 8.86. The van der Waals surface area contributed by atoms with Crippen molar-refractivity contribution in [2.45, 2.75) is 13.3 Å². The van der Waals surface area contributed by atoms with Crippen molar-refractivity contribution < 1.29 is 23.6 Å². The van der Waals surface area contributed by atoms with Gasteiger partial charge in [0.25, 0.3) is 11.6 Å². The fourth-order valence-electron chi connectivity index (χ4n) is 4.35. The van der Waals surface area contributed by atoms with E-state index in [0.717, 1.165) is 0 Å². The zero-order valence-corrected chi connectivity index (χ0v) is 19.0. The number of benzene rings is 2. The standard InChI is InChI=1S/C24H27FN4O5/c1-2-23(30)17-3-5-22(20(25)15-17)26-7-9-28(10-8-26)24(31)19-16-18(29(32)33)4-6-21(19)27-11-13-34-14-12-27/h3-6,15-16H,2,7-14H2,1H3. The second kappa shape index (κ2) is 10.2. The first-order chi connectivity index (χ1) is 16.4. The second-order valence-electron chi connectivity index (χ2n) is 8.28. The highest BCUT2D eigenvalue weighted by Crippen LogP contribution is 2.29. The third-order valence-electron chi connectivity index (χ3n) is 6.27. The van der Waals surface area contributed by atoms with Crippen LogP contribution in [0.3, 0.4) is 0 Å². The van der Waals surface area contributed by atoms with Gasteiger partial charge in [-0.2, -0.15) is 0 Å². The SMILES string of the molecule is CCC(=O)c1ccc(N2CCN(C(=O)c3cc([N+](=O)[O-])ccc3N3CCOCC3)CC2)c(F)c1. The maximum absolute atomic E-state index is 14.7. The van der Waals surface area contributed by atoms with E-state index in [1.807, 2.05) is 9.80 Å². The lowest BCUT2D eigenvalue weighted by Crippen LogP contribution is -2.49. The largest absolute Gasteiger partial charge is 0.378 e. The second-order valence-corrected chi connectivity index (χ2v) is 8.28. The number of Topliss-reactive ketones (excluding diaryl/α,β-unsaturated/α-hetero) is 1. The van der Waals surface area contributed by atoms with Gasteiger partial charge in [0.1, 0.15) is 5.82 Å². The molecule has 2 fully saturated rings. The number of rotatable bonds is 6. The molecule has 2 aromatic carbocycles. The van der Waals surface area contributed by atoms with E-state index in [4.69, 9.17) is 4.74 Å². The molecule has 2 aromatic rings. The number of ketones is 1. The number of amides is 1. The summed E-state index contributed by atoms with van der Waals surface area (Å²) in [5, 5.41) is 11.3. The summed E-state index contributed by atoms with van der Waals surface area (Å²) >= 11 is 0. The lowest BCUT2D eigenvalue weighted by Gasteiger charge is -2.37. The Balaban J connectivity index is 1.50. The van der Waals surface area contributed by atoms with Gasteiger partial charge in [0.05, 0.1) is 35.1 Å². The Hall–Kier alpha value is -3.53. The molecule has 10 heteroatoms. The van der Waals surface area contributed by atoms with Crippen LogP contribution in [0.25, 0.3) is 0 Å². The van der Waals surface area contributed by atoms with Crippen molar-refractivity contribution >= 4 is 28.8 Å². The van der Waals surface area contributed by atoms with Crippen molar-refractivity contribution in [2.24, 2.45) is 0 Å². The van der Waals surface area contributed by atoms with E-state index >= 15 is 0 Å². The molecule has 2 saturated heterocycles. The molecule has 2 aliphatic heterocycles. The summed E-state index contributed by atoms with van der Waals surface area (Å²) in [4.78, 5) is 41.6. The highest BCUT2D eigenvalue weighted by Gasteiger charge is 2.28. The number of hydrogen-bond donors (Lipinski definition) is 0. The number of anilines is 2. The molecule has 180 valence electrons. The fraction of sp³-hybridized carbons (Fsp3) is 0.417. The van der Waals surface area contributed by atoms with Crippen LogP contribution in [0.15, 0.2) is 36.4 Å². The van der Waals surface area contributed by atoms with Gasteiger partial charge in [0, 0.05) is 63.4 Å². The molecule has 34 heavy (non-hydrogen) atoms. The Morgan fingerprint density at radius 1 is 0.971 bits per heavy atom. The number of carbonyl (C=O) groups is 2. The number of piperazine rings is 1. The van der Waals surface area contributed by atoms with Crippen LogP contribution >= 0.6 is 0 Å². The van der Waals surface area contributed by atoms with Gasteiger partial charge in [-0.05, 0) is 24.3 Å². The number of non-ortho nitro benzene ring substituents is 1. The molecule has 0 bridgehead atoms. The summed E-state index contributed by atoms with van der Waals surface area (Å²) < 4.78 is 20.1. The Bertz CT molecular complexity index is 1090. The smallest absolute Gasteiger partial charge is 0.270 e. The van der Waals surface area contributed by atoms with Crippen LogP contribution < -0.4 is 9.80 Å². The number of morpholine rings is 1. The van der Waals surface area contributed by atoms with E-state index in [0.29, 0.717) is 75.8 Å². The maximum Gasteiger partial charge on any atom is 0.270 e. The third-order valence-corrected chi connectivity index (χ3v) is 6.27. The molecule has 9 nitrogen and oxygen atoms in total. The average molecular weight is 471 g/mol. The summed E-state index contributed by atoms with van der Waals surface area (Å²) in [5.74, 6) is -0.865. The van der Waals surface area contributed by atoms with E-state index in [1.54, 1.807) is 30.0 Å². The fourth-order valence-corrected chi connectivity index (χ4v) is 4.35. The van der Waals surface area contributed by atoms with Crippen LogP contribution in [0.1, 0.15) is 34.1 Å². The van der Waals surface area contributed by atoms with Crippen LogP contribution in [0, 0.1) is 15.9 Å². The number of carbonyl (C=O) groups excluding carboxylic acids is 2. The molecule has 2 aliphatic rings. The van der Waals surface area contributed by atoms with E-state index in [2.05, 4.69) is 0 Å². The maximum atomic E-state index is 14.7. The van der Waals surface area contributed by atoms with Gasteiger partial charge in [-0.3, -0.25) is 19.7 Å². The highest BCUT2D eigenvalue weighted by molar-refractivity contribution is 6.00. The zero-order valence-electron chi connectivity index (χ0n) is 19.0. The van der Waals surface area contributed by atoms with Crippen molar-refractivity contribution in [1.29, 1.82) is 0 Å². The van der Waals surface area contributed by atoms with Crippen LogP contribution in [0.4, 0.5) is 21.5 Å². The Morgan fingerprint density at radius 3 is 2.24 bits per heavy atom. The van der Waals surface area contributed by atoms with E-state index < -0.39 is 10.7 Å². The molecule has 0 aliphatic carbocycles. The van der Waals surface area contributed by atoms with Gasteiger partial charge in [0.2, 0.25) is 0 Å². The summed E-state index contributed by atoms with van der Waals surface area (Å²) in [7, 11) is 0. The van der Waals surface area contributed by atoms with E-state index in [-0.39, 0.29) is 22.9 Å². The monoisotopic (exact) mass is 470 g/mol. The first-order valence-electron chi connectivity index (χ1n) is 11.4. The molecule has 1 amide bonds. The molecule has 0 N–H and O–H groups in total. The molecule has 0 radical (unpaired) electrons. The zero-order chi connectivity index (χ0) is 24.2. The molecule has 0 atom stereocenters. The first kappa shape index (κ1) is 23.6. The van der Waals surface area contributed by atoms with Gasteiger partial charge in [-0.15, -0.1) is 0 Å². The van der Waals surface area contributed by atoms with Crippen molar-refractivity contribution in [3.05, 3.63) is 63.5 Å². The molecule has 0 aromatic heterocycles. The van der Waals surface area contributed by atoms with Crippen molar-refractivity contribution in [3.8, 4) is 0 Å². The lowest BCUT2D eigenvalue weighted by atomic mass is 10.1. The normalized spacial score (nSPS) is 16.5. The highest BCUT2D eigenvalue weighted by atomic mass is 19.1. The van der Waals surface area contributed by atoms with Crippen molar-refractivity contribution in [2.75, 3.05) is 62.3 Å². The topological polar surface area (TPSA) is 96.2 Å². The molecule has 0 spiro atoms. The Morgan fingerprint density at radius 2 is 1.62 bits per heavy atom.